The molecule has 15 heavy (non-hydrogen) atoms. The van der Waals surface area contributed by atoms with Crippen LogP contribution in [0.4, 0.5) is 5.82 Å². The van der Waals surface area contributed by atoms with Gasteiger partial charge in [-0.05, 0) is 0 Å². The van der Waals surface area contributed by atoms with Crippen molar-refractivity contribution in [3.63, 3.8) is 0 Å². The van der Waals surface area contributed by atoms with Gasteiger partial charge in [0.1, 0.15) is 17.3 Å². The molecule has 0 bridgehead atoms. The molecule has 0 saturated carbocycles. The van der Waals surface area contributed by atoms with Crippen LogP contribution in [0.1, 0.15) is 5.56 Å². The second-order valence-electron chi connectivity index (χ2n) is 3.03. The van der Waals surface area contributed by atoms with Gasteiger partial charge in [0.15, 0.2) is 5.82 Å². The molecule has 0 saturated heterocycles. The number of hydrogen-bond acceptors (Lipinski definition) is 4. The number of nitrogens with zero attached hydrogens (tertiary/aromatic N) is 3. The van der Waals surface area contributed by atoms with Gasteiger partial charge in [-0.15, -0.1) is 5.10 Å². The van der Waals surface area contributed by atoms with E-state index in [1.165, 1.54) is 0 Å². The number of nitrogen functional groups attached to an aromatic ring is 2. The highest BCUT2D eigenvalue weighted by atomic mass is 15.5. The number of nitriles is 1. The minimum Gasteiger partial charge on any atom is -0.381 e. The highest BCUT2D eigenvalue weighted by Crippen LogP contribution is 2.24. The molecule has 0 radical (unpaired) electrons. The third-order valence-corrected chi connectivity index (χ3v) is 2.11. The van der Waals surface area contributed by atoms with Gasteiger partial charge in [-0.2, -0.15) is 10.1 Å². The highest BCUT2D eigenvalue weighted by Gasteiger charge is 2.14. The summed E-state index contributed by atoms with van der Waals surface area (Å²) in [5.74, 6) is 5.66. The molecule has 0 unspecified atom stereocenters. The Morgan fingerprint density at radius 1 is 1.27 bits per heavy atom. The lowest BCUT2D eigenvalue weighted by Gasteiger charge is -1.94. The lowest BCUT2D eigenvalue weighted by Crippen LogP contribution is -2.13. The van der Waals surface area contributed by atoms with E-state index in [2.05, 4.69) is 5.10 Å². The summed E-state index contributed by atoms with van der Waals surface area (Å²) in [5, 5.41) is 12.9. The zero-order valence-electron chi connectivity index (χ0n) is 7.88. The summed E-state index contributed by atoms with van der Waals surface area (Å²) in [6, 6.07) is 11.3. The average Bonchev–Trinajstić information content (AvgIpc) is 2.56. The van der Waals surface area contributed by atoms with Gasteiger partial charge in [0.25, 0.3) is 0 Å². The van der Waals surface area contributed by atoms with Gasteiger partial charge in [-0.3, -0.25) is 0 Å². The fourth-order valence-electron chi connectivity index (χ4n) is 1.36. The number of anilines is 1. The Balaban J connectivity index is 2.65. The molecule has 0 aliphatic rings. The normalized spacial score (nSPS) is 9.80. The van der Waals surface area contributed by atoms with E-state index in [4.69, 9.17) is 16.8 Å². The third kappa shape index (κ3) is 1.38. The van der Waals surface area contributed by atoms with Crippen molar-refractivity contribution in [3.05, 3.63) is 35.9 Å². The maximum Gasteiger partial charge on any atom is 0.163 e. The molecule has 2 rings (SSSR count). The maximum absolute atomic E-state index is 8.94. The molecular weight excluding hydrogens is 190 g/mol. The monoisotopic (exact) mass is 199 g/mol. The molecule has 0 fully saturated rings. The second kappa shape index (κ2) is 3.35. The van der Waals surface area contributed by atoms with Gasteiger partial charge in [0.05, 0.1) is 0 Å². The van der Waals surface area contributed by atoms with Crippen LogP contribution in [0, 0.1) is 11.3 Å². The first kappa shape index (κ1) is 9.09. The van der Waals surface area contributed by atoms with Crippen LogP contribution in [0.25, 0.3) is 11.3 Å². The Kier molecular flexibility index (Phi) is 2.03. The highest BCUT2D eigenvalue weighted by molar-refractivity contribution is 5.72. The summed E-state index contributed by atoms with van der Waals surface area (Å²) >= 11 is 0. The van der Waals surface area contributed by atoms with E-state index >= 15 is 0 Å². The Morgan fingerprint density at radius 2 is 1.93 bits per heavy atom. The Bertz CT molecular complexity index is 521. The molecule has 5 nitrogen and oxygen atoms in total. The predicted octanol–water partition coefficient (Wildman–Crippen LogP) is 0.718. The minimum absolute atomic E-state index is 0.177. The summed E-state index contributed by atoms with van der Waals surface area (Å²) in [5.41, 5.74) is 7.25. The molecule has 1 heterocycles. The van der Waals surface area contributed by atoms with Crippen molar-refractivity contribution in [2.75, 3.05) is 11.6 Å². The van der Waals surface area contributed by atoms with Crippen molar-refractivity contribution in [3.8, 4) is 17.3 Å². The Morgan fingerprint density at radius 3 is 2.53 bits per heavy atom. The number of aromatic nitrogens is 2. The lowest BCUT2D eigenvalue weighted by molar-refractivity contribution is 0.847. The average molecular weight is 199 g/mol. The van der Waals surface area contributed by atoms with Crippen LogP contribution < -0.4 is 11.6 Å². The molecule has 1 aromatic carbocycles. The van der Waals surface area contributed by atoms with Crippen molar-refractivity contribution >= 4 is 5.82 Å². The Labute approximate surface area is 86.5 Å². The lowest BCUT2D eigenvalue weighted by atomic mass is 10.1. The van der Waals surface area contributed by atoms with E-state index in [0.717, 1.165) is 10.4 Å². The molecule has 74 valence electrons. The molecule has 0 spiro atoms. The quantitative estimate of drug-likeness (QED) is 0.661. The summed E-state index contributed by atoms with van der Waals surface area (Å²) in [4.78, 5) is 1.01. The number of nitrogens with two attached hydrogens (primary N) is 2. The summed E-state index contributed by atoms with van der Waals surface area (Å²) in [7, 11) is 0. The van der Waals surface area contributed by atoms with E-state index in [1.54, 1.807) is 0 Å². The number of benzene rings is 1. The first-order valence-corrected chi connectivity index (χ1v) is 4.33. The smallest absolute Gasteiger partial charge is 0.163 e. The SMILES string of the molecule is N#Cc1c(-c2ccccc2)nn(N)c1N. The molecule has 0 amide bonds. The zero-order chi connectivity index (χ0) is 10.8. The zero-order valence-corrected chi connectivity index (χ0v) is 7.88. The van der Waals surface area contributed by atoms with E-state index in [0.29, 0.717) is 11.3 Å². The molecule has 0 atom stereocenters. The van der Waals surface area contributed by atoms with E-state index in [-0.39, 0.29) is 5.82 Å². The first-order valence-electron chi connectivity index (χ1n) is 4.33. The van der Waals surface area contributed by atoms with Crippen molar-refractivity contribution in [1.29, 1.82) is 5.26 Å². The standard InChI is InChI=1S/C10H9N5/c11-6-8-9(14-15(13)10(8)12)7-4-2-1-3-5-7/h1-5H,12-13H2. The molecule has 1 aromatic heterocycles. The summed E-state index contributed by atoms with van der Waals surface area (Å²) < 4.78 is 0. The van der Waals surface area contributed by atoms with Crippen molar-refractivity contribution in [2.24, 2.45) is 0 Å². The van der Waals surface area contributed by atoms with Crippen LogP contribution in [-0.4, -0.2) is 9.89 Å². The molecule has 4 N–H and O–H groups in total. The van der Waals surface area contributed by atoms with Crippen molar-refractivity contribution in [2.45, 2.75) is 0 Å². The van der Waals surface area contributed by atoms with Gasteiger partial charge >= 0.3 is 0 Å². The fraction of sp³-hybridized carbons (Fsp3) is 0. The third-order valence-electron chi connectivity index (χ3n) is 2.11. The maximum atomic E-state index is 8.94. The molecular formula is C10H9N5. The van der Waals surface area contributed by atoms with Crippen LogP contribution in [0.2, 0.25) is 0 Å². The van der Waals surface area contributed by atoms with Gasteiger partial charge in [0, 0.05) is 5.56 Å². The molecule has 5 heteroatoms. The van der Waals surface area contributed by atoms with Crippen LogP contribution in [-0.2, 0) is 0 Å². The van der Waals surface area contributed by atoms with E-state index in [1.807, 2.05) is 36.4 Å². The summed E-state index contributed by atoms with van der Waals surface area (Å²) in [6.45, 7) is 0. The van der Waals surface area contributed by atoms with Crippen LogP contribution in [0.15, 0.2) is 30.3 Å². The number of hydrogen-bond donors (Lipinski definition) is 2. The topological polar surface area (TPSA) is 93.6 Å². The van der Waals surface area contributed by atoms with Crippen LogP contribution >= 0.6 is 0 Å². The molecule has 0 aliphatic heterocycles. The van der Waals surface area contributed by atoms with Gasteiger partial charge in [-0.1, -0.05) is 30.3 Å². The van der Waals surface area contributed by atoms with Gasteiger partial charge in [-0.25, -0.2) is 0 Å². The minimum atomic E-state index is 0.177. The number of rotatable bonds is 1. The second-order valence-corrected chi connectivity index (χ2v) is 3.03. The van der Waals surface area contributed by atoms with E-state index < -0.39 is 0 Å². The largest absolute Gasteiger partial charge is 0.381 e. The van der Waals surface area contributed by atoms with Gasteiger partial charge in [0.2, 0.25) is 0 Å². The predicted molar refractivity (Wildman–Crippen MR) is 56.9 cm³/mol. The molecule has 0 aliphatic carbocycles. The summed E-state index contributed by atoms with van der Waals surface area (Å²) in [6.07, 6.45) is 0. The van der Waals surface area contributed by atoms with Gasteiger partial charge < -0.3 is 11.6 Å². The van der Waals surface area contributed by atoms with E-state index in [9.17, 15) is 0 Å². The van der Waals surface area contributed by atoms with Crippen LogP contribution in [0.5, 0.6) is 0 Å². The Hall–Kier alpha value is -2.48. The fourth-order valence-corrected chi connectivity index (χ4v) is 1.36. The van der Waals surface area contributed by atoms with Crippen molar-refractivity contribution in [1.82, 2.24) is 9.89 Å². The van der Waals surface area contributed by atoms with Crippen LogP contribution in [0.3, 0.4) is 0 Å². The molecule has 2 aromatic rings. The first-order chi connectivity index (χ1) is 7.24. The van der Waals surface area contributed by atoms with Crippen molar-refractivity contribution < 1.29 is 0 Å².